The predicted molar refractivity (Wildman–Crippen MR) is 174 cm³/mol. The van der Waals surface area contributed by atoms with Crippen molar-refractivity contribution in [2.75, 3.05) is 0 Å². The molecule has 206 valence electrons. The highest BCUT2D eigenvalue weighted by molar-refractivity contribution is 5.93. The molecule has 0 saturated carbocycles. The van der Waals surface area contributed by atoms with Gasteiger partial charge in [-0.05, 0) is 50.8 Å². The molecule has 2 nitrogen and oxygen atoms in total. The van der Waals surface area contributed by atoms with E-state index >= 15 is 0 Å². The van der Waals surface area contributed by atoms with E-state index in [-0.39, 0.29) is 0 Å². The molecule has 0 atom stereocenters. The zero-order valence-corrected chi connectivity index (χ0v) is 24.8. The summed E-state index contributed by atoms with van der Waals surface area (Å²) < 4.78 is 2.34. The second kappa shape index (κ2) is 10.3. The third kappa shape index (κ3) is 3.82. The third-order valence-corrected chi connectivity index (χ3v) is 8.91. The molecule has 0 radical (unpaired) electrons. The van der Waals surface area contributed by atoms with Crippen molar-refractivity contribution in [3.05, 3.63) is 167 Å². The molecule has 1 aromatic heterocycles. The highest BCUT2D eigenvalue weighted by Crippen LogP contribution is 2.60. The first-order valence-corrected chi connectivity index (χ1v) is 15.0. The molecule has 0 aliphatic heterocycles. The summed E-state index contributed by atoms with van der Waals surface area (Å²) >= 11 is 0. The van der Waals surface area contributed by atoms with Crippen LogP contribution < -0.4 is 0 Å². The first-order valence-electron chi connectivity index (χ1n) is 15.0. The van der Waals surface area contributed by atoms with Gasteiger partial charge in [-0.15, -0.1) is 0 Å². The maximum Gasteiger partial charge on any atom is 0.144 e. The second-order valence-corrected chi connectivity index (χ2v) is 12.0. The average Bonchev–Trinajstić information content (AvgIpc) is 3.64. The number of rotatable bonds is 6. The smallest absolute Gasteiger partial charge is 0.144 e. The van der Waals surface area contributed by atoms with Crippen molar-refractivity contribution in [1.82, 2.24) is 9.55 Å². The minimum atomic E-state index is -0.453. The van der Waals surface area contributed by atoms with E-state index in [4.69, 9.17) is 4.98 Å². The molecule has 1 aliphatic carbocycles. The van der Waals surface area contributed by atoms with Crippen molar-refractivity contribution in [2.45, 2.75) is 44.9 Å². The third-order valence-electron chi connectivity index (χ3n) is 8.91. The summed E-state index contributed by atoms with van der Waals surface area (Å²) in [4.78, 5) is 4.92. The largest absolute Gasteiger partial charge is 0.299 e. The number of hydrogen-bond acceptors (Lipinski definition) is 1. The van der Waals surface area contributed by atoms with Gasteiger partial charge in [0.05, 0.1) is 11.1 Å². The quantitative estimate of drug-likeness (QED) is 0.204. The van der Waals surface area contributed by atoms with Crippen molar-refractivity contribution in [3.63, 3.8) is 0 Å². The topological polar surface area (TPSA) is 17.8 Å². The normalized spacial score (nSPS) is 13.4. The summed E-state index contributed by atoms with van der Waals surface area (Å²) in [6.07, 6.45) is 4.09. The fourth-order valence-electron chi connectivity index (χ4n) is 7.13. The Morgan fingerprint density at radius 3 is 1.76 bits per heavy atom. The van der Waals surface area contributed by atoms with E-state index in [0.717, 1.165) is 11.4 Å². The van der Waals surface area contributed by atoms with E-state index in [1.807, 2.05) is 6.20 Å². The van der Waals surface area contributed by atoms with Crippen molar-refractivity contribution in [3.8, 4) is 28.2 Å². The van der Waals surface area contributed by atoms with Crippen molar-refractivity contribution < 1.29 is 0 Å². The number of benzene rings is 5. The van der Waals surface area contributed by atoms with Gasteiger partial charge in [-0.25, -0.2) is 4.98 Å². The minimum Gasteiger partial charge on any atom is -0.299 e. The van der Waals surface area contributed by atoms with E-state index in [0.29, 0.717) is 11.8 Å². The first-order chi connectivity index (χ1) is 20.5. The van der Waals surface area contributed by atoms with Crippen molar-refractivity contribution in [1.29, 1.82) is 0 Å². The maximum absolute atomic E-state index is 4.92. The van der Waals surface area contributed by atoms with E-state index in [2.05, 4.69) is 160 Å². The monoisotopic (exact) mass is 544 g/mol. The standard InChI is InChI=1S/C40H36N2/c1-27(2)33-26-34(28(3)4)38(42-25-24-41-39(42)29-16-8-5-9-17-29)36-32-22-14-15-23-35(32)40(37(33)36,30-18-10-6-11-19-30)31-20-12-7-13-21-31/h5-28H,1-4H3. The average molecular weight is 545 g/mol. The molecule has 7 rings (SSSR count). The van der Waals surface area contributed by atoms with Crippen LogP contribution in [0.4, 0.5) is 0 Å². The summed E-state index contributed by atoms with van der Waals surface area (Å²) in [6, 6.07) is 44.4. The minimum absolute atomic E-state index is 0.324. The highest BCUT2D eigenvalue weighted by Gasteiger charge is 2.49. The SMILES string of the molecule is CC(C)c1cc(C(C)C)c2c(c1-n1ccnc1-c1ccccc1)-c1ccccc1C2(c1ccccc1)c1ccccc1. The van der Waals surface area contributed by atoms with Gasteiger partial charge in [-0.1, -0.05) is 149 Å². The number of hydrogen-bond donors (Lipinski definition) is 0. The predicted octanol–water partition coefficient (Wildman–Crippen LogP) is 10.1. The van der Waals surface area contributed by atoms with Crippen LogP contribution in [0.3, 0.4) is 0 Å². The van der Waals surface area contributed by atoms with Gasteiger partial charge in [0, 0.05) is 23.5 Å². The van der Waals surface area contributed by atoms with E-state index in [1.165, 1.54) is 50.2 Å². The van der Waals surface area contributed by atoms with Crippen LogP contribution in [-0.4, -0.2) is 9.55 Å². The molecule has 0 spiro atoms. The van der Waals surface area contributed by atoms with Gasteiger partial charge >= 0.3 is 0 Å². The Morgan fingerprint density at radius 2 is 1.17 bits per heavy atom. The van der Waals surface area contributed by atoms with Crippen molar-refractivity contribution in [2.24, 2.45) is 0 Å². The van der Waals surface area contributed by atoms with Crippen LogP contribution in [0.1, 0.15) is 72.9 Å². The number of aromatic nitrogens is 2. The van der Waals surface area contributed by atoms with E-state index in [1.54, 1.807) is 0 Å². The molecule has 0 amide bonds. The Morgan fingerprint density at radius 1 is 0.619 bits per heavy atom. The van der Waals surface area contributed by atoms with Gasteiger partial charge in [0.2, 0.25) is 0 Å². The van der Waals surface area contributed by atoms with Gasteiger partial charge in [-0.3, -0.25) is 4.57 Å². The van der Waals surface area contributed by atoms with Crippen LogP contribution in [0.25, 0.3) is 28.2 Å². The van der Waals surface area contributed by atoms with Crippen LogP contribution in [0.15, 0.2) is 134 Å². The molecule has 6 aromatic rings. The van der Waals surface area contributed by atoms with Gasteiger partial charge < -0.3 is 0 Å². The van der Waals surface area contributed by atoms with Gasteiger partial charge in [0.15, 0.2) is 0 Å². The summed E-state index contributed by atoms with van der Waals surface area (Å²) in [5.41, 5.74) is 12.6. The Hall–Kier alpha value is -4.69. The molecule has 1 aliphatic rings. The molecule has 0 saturated heterocycles. The molecule has 0 fully saturated rings. The molecule has 2 heteroatoms. The molecule has 1 heterocycles. The van der Waals surface area contributed by atoms with Gasteiger partial charge in [0.1, 0.15) is 5.82 Å². The number of fused-ring (bicyclic) bond motifs is 3. The van der Waals surface area contributed by atoms with Crippen molar-refractivity contribution >= 4 is 0 Å². The maximum atomic E-state index is 4.92. The zero-order chi connectivity index (χ0) is 28.8. The lowest BCUT2D eigenvalue weighted by Crippen LogP contribution is -2.30. The summed E-state index contributed by atoms with van der Waals surface area (Å²) in [7, 11) is 0. The summed E-state index contributed by atoms with van der Waals surface area (Å²) in [5, 5.41) is 0. The van der Waals surface area contributed by atoms with Gasteiger partial charge in [-0.2, -0.15) is 0 Å². The Balaban J connectivity index is 1.71. The Bertz CT molecular complexity index is 1820. The Kier molecular flexibility index (Phi) is 6.43. The summed E-state index contributed by atoms with van der Waals surface area (Å²) in [6.45, 7) is 9.32. The lowest BCUT2D eigenvalue weighted by atomic mass is 9.65. The van der Waals surface area contributed by atoms with E-state index < -0.39 is 5.41 Å². The fraction of sp³-hybridized carbons (Fsp3) is 0.175. The molecular formula is C40H36N2. The van der Waals surface area contributed by atoms with Crippen LogP contribution in [0.5, 0.6) is 0 Å². The fourth-order valence-corrected chi connectivity index (χ4v) is 7.13. The van der Waals surface area contributed by atoms with Crippen LogP contribution in [0.2, 0.25) is 0 Å². The van der Waals surface area contributed by atoms with Crippen LogP contribution in [-0.2, 0) is 5.41 Å². The lowest BCUT2D eigenvalue weighted by Gasteiger charge is -2.36. The van der Waals surface area contributed by atoms with E-state index in [9.17, 15) is 0 Å². The zero-order valence-electron chi connectivity index (χ0n) is 24.8. The lowest BCUT2D eigenvalue weighted by molar-refractivity contribution is 0.727. The summed E-state index contributed by atoms with van der Waals surface area (Å²) in [5.74, 6) is 1.62. The second-order valence-electron chi connectivity index (χ2n) is 12.0. The highest BCUT2D eigenvalue weighted by atomic mass is 15.1. The molecule has 0 unspecified atom stereocenters. The number of nitrogens with zero attached hydrogens (tertiary/aromatic N) is 2. The molecule has 5 aromatic carbocycles. The molecule has 0 bridgehead atoms. The first kappa shape index (κ1) is 26.2. The molecular weight excluding hydrogens is 508 g/mol. The van der Waals surface area contributed by atoms with Crippen LogP contribution in [0, 0.1) is 0 Å². The number of imidazole rings is 1. The molecule has 42 heavy (non-hydrogen) atoms. The van der Waals surface area contributed by atoms with Crippen LogP contribution >= 0.6 is 0 Å². The molecule has 0 N–H and O–H groups in total. The Labute approximate surface area is 249 Å². The van der Waals surface area contributed by atoms with Gasteiger partial charge in [0.25, 0.3) is 0 Å².